The van der Waals surface area contributed by atoms with Gasteiger partial charge >= 0.3 is 18.2 Å². The van der Waals surface area contributed by atoms with Crippen LogP contribution in [0.25, 0.3) is 0 Å². The number of benzene rings is 1. The highest BCUT2D eigenvalue weighted by atomic mass is 19.4. The average molecular weight is 330 g/mol. The van der Waals surface area contributed by atoms with Crippen molar-refractivity contribution in [3.05, 3.63) is 35.4 Å². The molecule has 2 rings (SSSR count). The lowest BCUT2D eigenvalue weighted by molar-refractivity contribution is -0.187. The summed E-state index contributed by atoms with van der Waals surface area (Å²) in [6.07, 6.45) is -4.64. The number of aryl methyl sites for hydroxylation is 1. The Morgan fingerprint density at radius 1 is 1.30 bits per heavy atom. The van der Waals surface area contributed by atoms with E-state index in [2.05, 4.69) is 5.32 Å². The van der Waals surface area contributed by atoms with Crippen LogP contribution in [0.1, 0.15) is 11.1 Å². The van der Waals surface area contributed by atoms with Crippen LogP contribution in [0.3, 0.4) is 0 Å². The van der Waals surface area contributed by atoms with Gasteiger partial charge in [-0.15, -0.1) is 0 Å². The molecule has 1 heterocycles. The average Bonchev–Trinajstić information content (AvgIpc) is 2.91. The summed E-state index contributed by atoms with van der Waals surface area (Å²) < 4.78 is 38.7. The number of carbonyl (C=O) groups excluding carboxylic acids is 1. The van der Waals surface area contributed by atoms with E-state index in [1.54, 1.807) is 12.1 Å². The van der Waals surface area contributed by atoms with Gasteiger partial charge in [-0.05, 0) is 18.1 Å². The predicted octanol–water partition coefficient (Wildman–Crippen LogP) is 2.40. The van der Waals surface area contributed by atoms with E-state index in [4.69, 9.17) is 5.11 Å². The smallest absolute Gasteiger partial charge is 0.394 e. The maximum Gasteiger partial charge on any atom is 0.394 e. The molecule has 126 valence electrons. The van der Waals surface area contributed by atoms with E-state index >= 15 is 0 Å². The van der Waals surface area contributed by atoms with Gasteiger partial charge in [0.1, 0.15) is 0 Å². The number of amides is 2. The summed E-state index contributed by atoms with van der Waals surface area (Å²) in [7, 11) is 0. The van der Waals surface area contributed by atoms with Gasteiger partial charge in [0.15, 0.2) is 0 Å². The molecule has 0 radical (unpaired) electrons. The maximum absolute atomic E-state index is 12.9. The van der Waals surface area contributed by atoms with Crippen molar-refractivity contribution in [1.29, 1.82) is 0 Å². The van der Waals surface area contributed by atoms with E-state index in [9.17, 15) is 22.8 Å². The van der Waals surface area contributed by atoms with Crippen LogP contribution in [-0.4, -0.2) is 41.3 Å². The van der Waals surface area contributed by atoms with Crippen molar-refractivity contribution in [2.24, 2.45) is 11.8 Å². The first-order valence-corrected chi connectivity index (χ1v) is 7.07. The second-order valence-electron chi connectivity index (χ2n) is 5.58. The molecule has 1 fully saturated rings. The van der Waals surface area contributed by atoms with Crippen molar-refractivity contribution in [2.45, 2.75) is 19.6 Å². The number of carboxylic acid groups (broad SMARTS) is 1. The molecule has 0 aromatic heterocycles. The van der Waals surface area contributed by atoms with Crippen molar-refractivity contribution in [1.82, 2.24) is 10.2 Å². The minimum absolute atomic E-state index is 0.177. The molecule has 1 aliphatic rings. The molecule has 23 heavy (non-hydrogen) atoms. The summed E-state index contributed by atoms with van der Waals surface area (Å²) in [4.78, 5) is 23.9. The Balaban J connectivity index is 2.01. The van der Waals surface area contributed by atoms with Crippen LogP contribution in [0.15, 0.2) is 24.3 Å². The van der Waals surface area contributed by atoms with Crippen LogP contribution in [-0.2, 0) is 11.3 Å². The molecule has 8 heteroatoms. The highest BCUT2D eigenvalue weighted by molar-refractivity contribution is 5.77. The highest BCUT2D eigenvalue weighted by Gasteiger charge is 2.53. The fourth-order valence-corrected chi connectivity index (χ4v) is 2.64. The number of aliphatic carboxylic acids is 1. The molecule has 1 aromatic rings. The number of hydrogen-bond donors (Lipinski definition) is 2. The third-order valence-electron chi connectivity index (χ3n) is 4.04. The highest BCUT2D eigenvalue weighted by Crippen LogP contribution is 2.37. The predicted molar refractivity (Wildman–Crippen MR) is 75.7 cm³/mol. The monoisotopic (exact) mass is 330 g/mol. The summed E-state index contributed by atoms with van der Waals surface area (Å²) in [6.45, 7) is 0.951. The SMILES string of the molecule is Cc1ccccc1CNC(=O)N1C[C@@H](C(F)(F)F)[C@H](C(=O)O)C1. The number of urea groups is 1. The van der Waals surface area contributed by atoms with Crippen LogP contribution in [0.5, 0.6) is 0 Å². The van der Waals surface area contributed by atoms with Crippen LogP contribution in [0.2, 0.25) is 0 Å². The molecule has 0 aliphatic carbocycles. The summed E-state index contributed by atoms with van der Waals surface area (Å²) in [5.41, 5.74) is 1.80. The Morgan fingerprint density at radius 3 is 2.48 bits per heavy atom. The Labute approximate surface area is 131 Å². The number of halogens is 3. The lowest BCUT2D eigenvalue weighted by Crippen LogP contribution is -2.39. The summed E-state index contributed by atoms with van der Waals surface area (Å²) in [5, 5.41) is 11.5. The summed E-state index contributed by atoms with van der Waals surface area (Å²) in [5.74, 6) is -5.20. The second-order valence-corrected chi connectivity index (χ2v) is 5.58. The Kier molecular flexibility index (Phi) is 4.82. The number of nitrogens with one attached hydrogen (secondary N) is 1. The van der Waals surface area contributed by atoms with E-state index in [0.29, 0.717) is 0 Å². The molecule has 5 nitrogen and oxygen atoms in total. The summed E-state index contributed by atoms with van der Waals surface area (Å²) >= 11 is 0. The lowest BCUT2D eigenvalue weighted by atomic mass is 9.96. The number of carboxylic acids is 1. The van der Waals surface area contributed by atoms with Gasteiger partial charge in [0.05, 0.1) is 11.8 Å². The fourth-order valence-electron chi connectivity index (χ4n) is 2.64. The molecule has 0 spiro atoms. The molecule has 0 unspecified atom stereocenters. The quantitative estimate of drug-likeness (QED) is 0.894. The van der Waals surface area contributed by atoms with Crippen molar-refractivity contribution in [3.8, 4) is 0 Å². The summed E-state index contributed by atoms with van der Waals surface area (Å²) in [6, 6.07) is 6.61. The molecule has 0 bridgehead atoms. The van der Waals surface area contributed by atoms with Crippen molar-refractivity contribution in [2.75, 3.05) is 13.1 Å². The van der Waals surface area contributed by atoms with E-state index in [1.165, 1.54) is 0 Å². The lowest BCUT2D eigenvalue weighted by Gasteiger charge is -2.19. The first kappa shape index (κ1) is 17.1. The van der Waals surface area contributed by atoms with E-state index in [0.717, 1.165) is 16.0 Å². The first-order valence-electron chi connectivity index (χ1n) is 7.07. The molecule has 2 N–H and O–H groups in total. The van der Waals surface area contributed by atoms with Crippen LogP contribution < -0.4 is 5.32 Å². The van der Waals surface area contributed by atoms with Gasteiger partial charge in [-0.3, -0.25) is 4.79 Å². The van der Waals surface area contributed by atoms with Gasteiger partial charge in [0.25, 0.3) is 0 Å². The van der Waals surface area contributed by atoms with Gasteiger partial charge in [-0.2, -0.15) is 13.2 Å². The molecular weight excluding hydrogens is 313 g/mol. The molecule has 1 aliphatic heterocycles. The fraction of sp³-hybridized carbons (Fsp3) is 0.467. The zero-order valence-electron chi connectivity index (χ0n) is 12.4. The Morgan fingerprint density at radius 2 is 1.96 bits per heavy atom. The molecule has 0 saturated carbocycles. The third-order valence-corrected chi connectivity index (χ3v) is 4.04. The topological polar surface area (TPSA) is 69.6 Å². The van der Waals surface area contributed by atoms with Crippen molar-refractivity contribution in [3.63, 3.8) is 0 Å². The first-order chi connectivity index (χ1) is 10.7. The minimum Gasteiger partial charge on any atom is -0.481 e. The van der Waals surface area contributed by atoms with E-state index in [1.807, 2.05) is 19.1 Å². The van der Waals surface area contributed by atoms with Crippen LogP contribution >= 0.6 is 0 Å². The Bertz CT molecular complexity index is 604. The molecular formula is C15H17F3N2O3. The number of hydrogen-bond acceptors (Lipinski definition) is 2. The number of nitrogens with zero attached hydrogens (tertiary/aromatic N) is 1. The second kappa shape index (κ2) is 6.47. The third kappa shape index (κ3) is 3.94. The normalized spacial score (nSPS) is 21.3. The largest absolute Gasteiger partial charge is 0.481 e. The van der Waals surface area contributed by atoms with Gasteiger partial charge in [0, 0.05) is 19.6 Å². The molecule has 2 amide bonds. The number of carbonyl (C=O) groups is 2. The number of alkyl halides is 3. The van der Waals surface area contributed by atoms with E-state index in [-0.39, 0.29) is 6.54 Å². The van der Waals surface area contributed by atoms with Gasteiger partial charge < -0.3 is 15.3 Å². The Hall–Kier alpha value is -2.25. The van der Waals surface area contributed by atoms with E-state index < -0.39 is 43.1 Å². The van der Waals surface area contributed by atoms with Gasteiger partial charge in [-0.25, -0.2) is 4.79 Å². The van der Waals surface area contributed by atoms with Crippen LogP contribution in [0, 0.1) is 18.8 Å². The maximum atomic E-state index is 12.9. The van der Waals surface area contributed by atoms with Gasteiger partial charge in [-0.1, -0.05) is 24.3 Å². The standard InChI is InChI=1S/C15H17F3N2O3/c1-9-4-2-3-5-10(9)6-19-14(23)20-7-11(13(21)22)12(8-20)15(16,17)18/h2-5,11-12H,6-8H2,1H3,(H,19,23)(H,21,22)/t11-,12-/m1/s1. The van der Waals surface area contributed by atoms with Crippen LogP contribution in [0.4, 0.5) is 18.0 Å². The van der Waals surface area contributed by atoms with Gasteiger partial charge in [0.2, 0.25) is 0 Å². The zero-order chi connectivity index (χ0) is 17.2. The molecule has 2 atom stereocenters. The minimum atomic E-state index is -4.64. The van der Waals surface area contributed by atoms with Crippen molar-refractivity contribution < 1.29 is 27.9 Å². The van der Waals surface area contributed by atoms with Crippen molar-refractivity contribution >= 4 is 12.0 Å². The number of rotatable bonds is 3. The number of likely N-dealkylation sites (tertiary alicyclic amines) is 1. The molecule has 1 aromatic carbocycles. The zero-order valence-corrected chi connectivity index (χ0v) is 12.4. The molecule has 1 saturated heterocycles.